The summed E-state index contributed by atoms with van der Waals surface area (Å²) in [6, 6.07) is 8.67. The molecule has 1 aromatic rings. The van der Waals surface area contributed by atoms with Gasteiger partial charge in [-0.25, -0.2) is 0 Å². The van der Waals surface area contributed by atoms with Crippen molar-refractivity contribution in [3.63, 3.8) is 0 Å². The average molecular weight is 178 g/mol. The molecule has 1 rings (SSSR count). The maximum Gasteiger partial charge on any atom is 0.0314 e. The van der Waals surface area contributed by atoms with Gasteiger partial charge >= 0.3 is 0 Å². The van der Waals surface area contributed by atoms with E-state index in [0.29, 0.717) is 6.04 Å². The molecule has 0 unspecified atom stereocenters. The van der Waals surface area contributed by atoms with Gasteiger partial charge < -0.3 is 10.6 Å². The fourth-order valence-electron chi connectivity index (χ4n) is 1.18. The Morgan fingerprint density at radius 3 is 2.23 bits per heavy atom. The van der Waals surface area contributed by atoms with Gasteiger partial charge in [0.15, 0.2) is 0 Å². The topological polar surface area (TPSA) is 29.3 Å². The molecule has 1 aromatic carbocycles. The number of rotatable bonds is 3. The van der Waals surface area contributed by atoms with Gasteiger partial charge in [-0.3, -0.25) is 0 Å². The second kappa shape index (κ2) is 4.28. The van der Waals surface area contributed by atoms with Gasteiger partial charge in [-0.15, -0.1) is 0 Å². The zero-order chi connectivity index (χ0) is 9.84. The predicted octanol–water partition coefficient (Wildman–Crippen LogP) is 1.76. The van der Waals surface area contributed by atoms with E-state index in [9.17, 15) is 0 Å². The van der Waals surface area contributed by atoms with E-state index in [1.54, 1.807) is 0 Å². The van der Waals surface area contributed by atoms with Crippen LogP contribution >= 0.6 is 0 Å². The number of hydrogen-bond donors (Lipinski definition) is 1. The maximum atomic E-state index is 5.61. The van der Waals surface area contributed by atoms with E-state index in [1.807, 2.05) is 12.1 Å². The molecule has 0 radical (unpaired) electrons. The van der Waals surface area contributed by atoms with E-state index in [-0.39, 0.29) is 0 Å². The molecule has 2 N–H and O–H groups in total. The van der Waals surface area contributed by atoms with Crippen LogP contribution in [0.4, 0.5) is 5.69 Å². The zero-order valence-corrected chi connectivity index (χ0v) is 8.62. The van der Waals surface area contributed by atoms with Gasteiger partial charge in [-0.2, -0.15) is 0 Å². The molecule has 2 nitrogen and oxygen atoms in total. The molecule has 1 atom stereocenters. The van der Waals surface area contributed by atoms with Crippen molar-refractivity contribution in [3.05, 3.63) is 29.8 Å². The lowest BCUT2D eigenvalue weighted by Crippen LogP contribution is -2.26. The minimum Gasteiger partial charge on any atom is -0.399 e. The van der Waals surface area contributed by atoms with E-state index in [4.69, 9.17) is 5.73 Å². The minimum atomic E-state index is 0.573. The summed E-state index contributed by atoms with van der Waals surface area (Å²) in [7, 11) is 4.20. The SMILES string of the molecule is C[C@@H](Cc1ccc(N)cc1)N(C)C. The molecule has 13 heavy (non-hydrogen) atoms. The second-order valence-electron chi connectivity index (χ2n) is 3.76. The first-order chi connectivity index (χ1) is 6.09. The second-order valence-corrected chi connectivity index (χ2v) is 3.76. The summed E-state index contributed by atoms with van der Waals surface area (Å²) in [5.41, 5.74) is 7.78. The van der Waals surface area contributed by atoms with Crippen molar-refractivity contribution < 1.29 is 0 Å². The van der Waals surface area contributed by atoms with Gasteiger partial charge in [0, 0.05) is 11.7 Å². The number of likely N-dealkylation sites (N-methyl/N-ethyl adjacent to an activating group) is 1. The van der Waals surface area contributed by atoms with Crippen molar-refractivity contribution in [1.29, 1.82) is 0 Å². The molecule has 0 saturated heterocycles. The van der Waals surface area contributed by atoms with Gasteiger partial charge in [0.1, 0.15) is 0 Å². The van der Waals surface area contributed by atoms with Crippen LogP contribution in [0.15, 0.2) is 24.3 Å². The van der Waals surface area contributed by atoms with Crippen LogP contribution < -0.4 is 5.73 Å². The van der Waals surface area contributed by atoms with Crippen LogP contribution in [0.3, 0.4) is 0 Å². The highest BCUT2D eigenvalue weighted by atomic mass is 15.1. The highest BCUT2D eigenvalue weighted by molar-refractivity contribution is 5.39. The largest absolute Gasteiger partial charge is 0.399 e. The molecule has 0 aliphatic heterocycles. The summed E-state index contributed by atoms with van der Waals surface area (Å²) >= 11 is 0. The summed E-state index contributed by atoms with van der Waals surface area (Å²) in [6.45, 7) is 2.22. The molecular formula is C11H18N2. The number of nitrogen functional groups attached to an aromatic ring is 1. The van der Waals surface area contributed by atoms with Gasteiger partial charge in [0.05, 0.1) is 0 Å². The van der Waals surface area contributed by atoms with Gasteiger partial charge in [0.2, 0.25) is 0 Å². The Morgan fingerprint density at radius 2 is 1.77 bits per heavy atom. The average Bonchev–Trinajstić information content (AvgIpc) is 2.08. The Bertz CT molecular complexity index is 251. The standard InChI is InChI=1S/C11H18N2/c1-9(13(2)3)8-10-4-6-11(12)7-5-10/h4-7,9H,8,12H2,1-3H3/t9-/m0/s1. The lowest BCUT2D eigenvalue weighted by Gasteiger charge is -2.19. The quantitative estimate of drug-likeness (QED) is 0.715. The molecule has 0 amide bonds. The molecule has 0 aliphatic carbocycles. The van der Waals surface area contributed by atoms with E-state index >= 15 is 0 Å². The first kappa shape index (κ1) is 10.1. The molecule has 2 heteroatoms. The molecule has 0 heterocycles. The number of benzene rings is 1. The molecule has 0 aromatic heterocycles. The summed E-state index contributed by atoms with van der Waals surface area (Å²) < 4.78 is 0. The Labute approximate surface area is 80.4 Å². The number of hydrogen-bond acceptors (Lipinski definition) is 2. The van der Waals surface area contributed by atoms with Crippen molar-refractivity contribution in [2.45, 2.75) is 19.4 Å². The van der Waals surface area contributed by atoms with E-state index in [0.717, 1.165) is 12.1 Å². The Kier molecular flexibility index (Phi) is 3.32. The van der Waals surface area contributed by atoms with Gasteiger partial charge in [-0.05, 0) is 45.1 Å². The summed E-state index contributed by atoms with van der Waals surface area (Å²) in [6.07, 6.45) is 1.08. The van der Waals surface area contributed by atoms with Crippen molar-refractivity contribution in [2.24, 2.45) is 0 Å². The third kappa shape index (κ3) is 3.07. The molecule has 0 saturated carbocycles. The maximum absolute atomic E-state index is 5.61. The van der Waals surface area contributed by atoms with Crippen molar-refractivity contribution in [2.75, 3.05) is 19.8 Å². The zero-order valence-electron chi connectivity index (χ0n) is 8.62. The van der Waals surface area contributed by atoms with Gasteiger partial charge in [-0.1, -0.05) is 12.1 Å². The van der Waals surface area contributed by atoms with E-state index < -0.39 is 0 Å². The minimum absolute atomic E-state index is 0.573. The highest BCUT2D eigenvalue weighted by Crippen LogP contribution is 2.09. The van der Waals surface area contributed by atoms with Crippen LogP contribution in [-0.2, 0) is 6.42 Å². The van der Waals surface area contributed by atoms with Crippen molar-refractivity contribution >= 4 is 5.69 Å². The van der Waals surface area contributed by atoms with E-state index in [1.165, 1.54) is 5.56 Å². The molecule has 0 fully saturated rings. The van der Waals surface area contributed by atoms with Crippen molar-refractivity contribution in [3.8, 4) is 0 Å². The highest BCUT2D eigenvalue weighted by Gasteiger charge is 2.04. The van der Waals surface area contributed by atoms with Crippen LogP contribution in [0.5, 0.6) is 0 Å². The molecule has 0 aliphatic rings. The number of nitrogens with zero attached hydrogens (tertiary/aromatic N) is 1. The normalized spacial score (nSPS) is 13.2. The first-order valence-electron chi connectivity index (χ1n) is 4.60. The monoisotopic (exact) mass is 178 g/mol. The third-order valence-corrected chi connectivity index (χ3v) is 2.39. The van der Waals surface area contributed by atoms with Crippen molar-refractivity contribution in [1.82, 2.24) is 4.90 Å². The molecule has 0 spiro atoms. The fraction of sp³-hybridized carbons (Fsp3) is 0.455. The summed E-state index contributed by atoms with van der Waals surface area (Å²) in [5.74, 6) is 0. The van der Waals surface area contributed by atoms with Crippen LogP contribution in [-0.4, -0.2) is 25.0 Å². The lowest BCUT2D eigenvalue weighted by atomic mass is 10.1. The number of nitrogens with two attached hydrogens (primary N) is 1. The number of anilines is 1. The predicted molar refractivity (Wildman–Crippen MR) is 57.7 cm³/mol. The fourth-order valence-corrected chi connectivity index (χ4v) is 1.18. The summed E-state index contributed by atoms with van der Waals surface area (Å²) in [4.78, 5) is 2.22. The third-order valence-electron chi connectivity index (χ3n) is 2.39. The molecular weight excluding hydrogens is 160 g/mol. The summed E-state index contributed by atoms with van der Waals surface area (Å²) in [5, 5.41) is 0. The molecule has 0 bridgehead atoms. The smallest absolute Gasteiger partial charge is 0.0314 e. The Hall–Kier alpha value is -1.02. The Balaban J connectivity index is 2.59. The van der Waals surface area contributed by atoms with Crippen LogP contribution in [0.25, 0.3) is 0 Å². The lowest BCUT2D eigenvalue weighted by molar-refractivity contribution is 0.312. The van der Waals surface area contributed by atoms with Crippen LogP contribution in [0.2, 0.25) is 0 Å². The molecule has 72 valence electrons. The Morgan fingerprint density at radius 1 is 1.23 bits per heavy atom. The van der Waals surface area contributed by atoms with Crippen LogP contribution in [0, 0.1) is 0 Å². The van der Waals surface area contributed by atoms with Gasteiger partial charge in [0.25, 0.3) is 0 Å². The van der Waals surface area contributed by atoms with E-state index in [2.05, 4.69) is 38.1 Å². The van der Waals surface area contributed by atoms with Crippen LogP contribution in [0.1, 0.15) is 12.5 Å². The first-order valence-corrected chi connectivity index (χ1v) is 4.60.